The molecule has 0 radical (unpaired) electrons. The standard InChI is InChI=1S/C6H13NO5/c7-1-3(9)5(11)6(12)4(10)2-8/h3,5-6,8-9,11-12H,1-2,7H2. The highest BCUT2D eigenvalue weighted by Gasteiger charge is 2.28. The molecule has 0 rings (SSSR count). The van der Waals surface area contributed by atoms with E-state index in [2.05, 4.69) is 0 Å². The first kappa shape index (κ1) is 11.5. The van der Waals surface area contributed by atoms with E-state index in [1.54, 1.807) is 0 Å². The van der Waals surface area contributed by atoms with Crippen LogP contribution in [0.5, 0.6) is 0 Å². The fourth-order valence-corrected chi connectivity index (χ4v) is 0.634. The van der Waals surface area contributed by atoms with E-state index in [1.807, 2.05) is 0 Å². The molecule has 0 bridgehead atoms. The first-order valence-corrected chi connectivity index (χ1v) is 3.42. The molecular formula is C6H13NO5. The van der Waals surface area contributed by atoms with Gasteiger partial charge in [0.15, 0.2) is 5.78 Å². The molecule has 3 atom stereocenters. The lowest BCUT2D eigenvalue weighted by molar-refractivity contribution is -0.140. The van der Waals surface area contributed by atoms with Crippen LogP contribution in [0.25, 0.3) is 0 Å². The Balaban J connectivity index is 4.08. The number of aliphatic hydroxyl groups is 4. The quantitative estimate of drug-likeness (QED) is 0.299. The van der Waals surface area contributed by atoms with Gasteiger partial charge in [-0.15, -0.1) is 0 Å². The SMILES string of the molecule is NCC(O)C(O)C(O)C(=O)CO. The minimum atomic E-state index is -1.78. The summed E-state index contributed by atoms with van der Waals surface area (Å²) in [7, 11) is 0. The van der Waals surface area contributed by atoms with Gasteiger partial charge in [0.05, 0.1) is 6.10 Å². The highest BCUT2D eigenvalue weighted by Crippen LogP contribution is 1.99. The van der Waals surface area contributed by atoms with Crippen LogP contribution in [-0.4, -0.2) is 57.7 Å². The molecule has 0 aromatic carbocycles. The van der Waals surface area contributed by atoms with Gasteiger partial charge in [0, 0.05) is 6.54 Å². The normalized spacial score (nSPS) is 18.4. The number of Topliss-reactive ketones (excluding diaryl/α,β-unsaturated/α-hetero) is 1. The number of rotatable bonds is 5. The predicted octanol–water partition coefficient (Wildman–Crippen LogP) is -3.41. The topological polar surface area (TPSA) is 124 Å². The van der Waals surface area contributed by atoms with Crippen molar-refractivity contribution >= 4 is 5.78 Å². The molecule has 0 aliphatic carbocycles. The summed E-state index contributed by atoms with van der Waals surface area (Å²) in [6.07, 6.45) is -4.79. The summed E-state index contributed by atoms with van der Waals surface area (Å²) in [5.74, 6) is -0.949. The Morgan fingerprint density at radius 2 is 1.83 bits per heavy atom. The maximum absolute atomic E-state index is 10.6. The molecule has 0 aliphatic heterocycles. The summed E-state index contributed by atoms with van der Waals surface area (Å²) in [4.78, 5) is 10.6. The second-order valence-corrected chi connectivity index (χ2v) is 2.36. The van der Waals surface area contributed by atoms with Gasteiger partial charge in [-0.1, -0.05) is 0 Å². The number of carbonyl (C=O) groups excluding carboxylic acids is 1. The van der Waals surface area contributed by atoms with Crippen molar-refractivity contribution in [2.24, 2.45) is 5.73 Å². The van der Waals surface area contributed by atoms with Crippen LogP contribution in [0.1, 0.15) is 0 Å². The molecule has 0 aromatic heterocycles. The number of hydrogen-bond donors (Lipinski definition) is 5. The van der Waals surface area contributed by atoms with Gasteiger partial charge in [0.1, 0.15) is 18.8 Å². The van der Waals surface area contributed by atoms with E-state index in [4.69, 9.17) is 26.2 Å². The van der Waals surface area contributed by atoms with E-state index in [0.717, 1.165) is 0 Å². The average molecular weight is 179 g/mol. The summed E-state index contributed by atoms with van der Waals surface area (Å²) < 4.78 is 0. The number of carbonyl (C=O) groups is 1. The summed E-state index contributed by atoms with van der Waals surface area (Å²) >= 11 is 0. The molecule has 0 saturated carbocycles. The van der Waals surface area contributed by atoms with Crippen molar-refractivity contribution in [3.63, 3.8) is 0 Å². The second kappa shape index (κ2) is 5.18. The van der Waals surface area contributed by atoms with Crippen LogP contribution in [-0.2, 0) is 4.79 Å². The zero-order chi connectivity index (χ0) is 9.72. The van der Waals surface area contributed by atoms with Gasteiger partial charge in [0.2, 0.25) is 0 Å². The van der Waals surface area contributed by atoms with Crippen molar-refractivity contribution in [1.29, 1.82) is 0 Å². The minimum absolute atomic E-state index is 0.267. The Morgan fingerprint density at radius 1 is 1.33 bits per heavy atom. The average Bonchev–Trinajstić information content (AvgIpc) is 2.12. The van der Waals surface area contributed by atoms with Crippen LogP contribution in [0.4, 0.5) is 0 Å². The molecule has 6 nitrogen and oxygen atoms in total. The van der Waals surface area contributed by atoms with E-state index in [9.17, 15) is 4.79 Å². The molecule has 3 unspecified atom stereocenters. The lowest BCUT2D eigenvalue weighted by Gasteiger charge is -2.19. The summed E-state index contributed by atoms with van der Waals surface area (Å²) in [5.41, 5.74) is 4.96. The van der Waals surface area contributed by atoms with Crippen molar-refractivity contribution in [2.45, 2.75) is 18.3 Å². The zero-order valence-corrected chi connectivity index (χ0v) is 6.42. The van der Waals surface area contributed by atoms with Crippen LogP contribution in [0.3, 0.4) is 0 Å². The third-order valence-electron chi connectivity index (χ3n) is 1.44. The number of ketones is 1. The molecular weight excluding hydrogens is 166 g/mol. The van der Waals surface area contributed by atoms with Gasteiger partial charge < -0.3 is 26.2 Å². The molecule has 0 heterocycles. The van der Waals surface area contributed by atoms with Crippen molar-refractivity contribution < 1.29 is 25.2 Å². The lowest BCUT2D eigenvalue weighted by Crippen LogP contribution is -2.46. The van der Waals surface area contributed by atoms with Crippen LogP contribution < -0.4 is 5.73 Å². The van der Waals surface area contributed by atoms with E-state index in [-0.39, 0.29) is 6.54 Å². The number of hydrogen-bond acceptors (Lipinski definition) is 6. The predicted molar refractivity (Wildman–Crippen MR) is 39.2 cm³/mol. The molecule has 0 amide bonds. The lowest BCUT2D eigenvalue weighted by atomic mass is 10.1. The van der Waals surface area contributed by atoms with Crippen LogP contribution in [0.15, 0.2) is 0 Å². The van der Waals surface area contributed by atoms with Gasteiger partial charge >= 0.3 is 0 Å². The van der Waals surface area contributed by atoms with Crippen molar-refractivity contribution in [1.82, 2.24) is 0 Å². The molecule has 6 N–H and O–H groups in total. The Bertz CT molecular complexity index is 151. The molecule has 0 aromatic rings. The van der Waals surface area contributed by atoms with Crippen LogP contribution >= 0.6 is 0 Å². The Kier molecular flexibility index (Phi) is 4.95. The van der Waals surface area contributed by atoms with Crippen molar-refractivity contribution in [2.75, 3.05) is 13.2 Å². The van der Waals surface area contributed by atoms with E-state index in [1.165, 1.54) is 0 Å². The van der Waals surface area contributed by atoms with E-state index in [0.29, 0.717) is 0 Å². The van der Waals surface area contributed by atoms with E-state index < -0.39 is 30.7 Å². The molecule has 0 aliphatic rings. The highest BCUT2D eigenvalue weighted by molar-refractivity contribution is 5.84. The maximum Gasteiger partial charge on any atom is 0.189 e. The van der Waals surface area contributed by atoms with Gasteiger partial charge in [-0.2, -0.15) is 0 Å². The van der Waals surface area contributed by atoms with Crippen LogP contribution in [0.2, 0.25) is 0 Å². The largest absolute Gasteiger partial charge is 0.389 e. The van der Waals surface area contributed by atoms with Gasteiger partial charge in [-0.3, -0.25) is 4.79 Å². The van der Waals surface area contributed by atoms with Crippen molar-refractivity contribution in [3.8, 4) is 0 Å². The molecule has 0 spiro atoms. The third-order valence-corrected chi connectivity index (χ3v) is 1.44. The van der Waals surface area contributed by atoms with Crippen molar-refractivity contribution in [3.05, 3.63) is 0 Å². The fourth-order valence-electron chi connectivity index (χ4n) is 0.634. The number of nitrogens with two attached hydrogens (primary N) is 1. The minimum Gasteiger partial charge on any atom is -0.389 e. The Labute approximate surface area is 69.2 Å². The molecule has 6 heteroatoms. The second-order valence-electron chi connectivity index (χ2n) is 2.36. The Morgan fingerprint density at radius 3 is 2.17 bits per heavy atom. The molecule has 12 heavy (non-hydrogen) atoms. The van der Waals surface area contributed by atoms with E-state index >= 15 is 0 Å². The summed E-state index contributed by atoms with van der Waals surface area (Å²) in [6.45, 7) is -1.15. The fraction of sp³-hybridized carbons (Fsp3) is 0.833. The van der Waals surface area contributed by atoms with Gasteiger partial charge in [-0.05, 0) is 0 Å². The highest BCUT2D eigenvalue weighted by atomic mass is 16.4. The molecule has 0 saturated heterocycles. The third kappa shape index (κ3) is 2.84. The monoisotopic (exact) mass is 179 g/mol. The van der Waals surface area contributed by atoms with Gasteiger partial charge in [0.25, 0.3) is 0 Å². The first-order chi connectivity index (χ1) is 5.54. The maximum atomic E-state index is 10.6. The van der Waals surface area contributed by atoms with Gasteiger partial charge in [-0.25, -0.2) is 0 Å². The Hall–Kier alpha value is -0.530. The van der Waals surface area contributed by atoms with Crippen LogP contribution in [0, 0.1) is 0 Å². The summed E-state index contributed by atoms with van der Waals surface area (Å²) in [6, 6.07) is 0. The first-order valence-electron chi connectivity index (χ1n) is 3.42. The summed E-state index contributed by atoms with van der Waals surface area (Å²) in [5, 5.41) is 35.0. The molecule has 0 fully saturated rings. The molecule has 72 valence electrons. The zero-order valence-electron chi connectivity index (χ0n) is 6.42. The number of aliphatic hydroxyl groups excluding tert-OH is 4. The smallest absolute Gasteiger partial charge is 0.189 e.